The van der Waals surface area contributed by atoms with Gasteiger partial charge in [-0.15, -0.1) is 0 Å². The Morgan fingerprint density at radius 2 is 2.00 bits per heavy atom. The summed E-state index contributed by atoms with van der Waals surface area (Å²) in [5.74, 6) is -0.0172. The van der Waals surface area contributed by atoms with Crippen LogP contribution in [0.5, 0.6) is 5.75 Å². The number of anilines is 1. The van der Waals surface area contributed by atoms with Crippen LogP contribution in [0.25, 0.3) is 6.08 Å². The number of ether oxygens (including phenoxy) is 1. The number of para-hydroxylation sites is 1. The largest absolute Gasteiger partial charge is 0.496 e. The maximum absolute atomic E-state index is 12.3. The number of hydrogen-bond donors (Lipinski definition) is 1. The minimum Gasteiger partial charge on any atom is -0.496 e. The van der Waals surface area contributed by atoms with Gasteiger partial charge in [0.1, 0.15) is 17.4 Å². The van der Waals surface area contributed by atoms with Crippen LogP contribution in [-0.4, -0.2) is 13.0 Å². The molecule has 0 aliphatic heterocycles. The molecule has 6 heteroatoms. The Morgan fingerprint density at radius 3 is 2.70 bits per heavy atom. The first-order chi connectivity index (χ1) is 11.0. The average molecular weight is 347 g/mol. The lowest BCUT2D eigenvalue weighted by atomic mass is 10.1. The van der Waals surface area contributed by atoms with Crippen LogP contribution >= 0.6 is 23.2 Å². The van der Waals surface area contributed by atoms with Crippen molar-refractivity contribution < 1.29 is 9.53 Å². The van der Waals surface area contributed by atoms with Crippen LogP contribution < -0.4 is 10.1 Å². The molecule has 2 aromatic rings. The second-order valence-corrected chi connectivity index (χ2v) is 5.33. The maximum atomic E-state index is 12.3. The number of amides is 1. The summed E-state index contributed by atoms with van der Waals surface area (Å²) in [6.07, 6.45) is 1.45. The van der Waals surface area contributed by atoms with Crippen molar-refractivity contribution in [2.75, 3.05) is 12.4 Å². The number of halogens is 2. The van der Waals surface area contributed by atoms with E-state index in [4.69, 9.17) is 27.9 Å². The first kappa shape index (κ1) is 16.9. The van der Waals surface area contributed by atoms with Crippen molar-refractivity contribution in [3.63, 3.8) is 0 Å². The second-order valence-electron chi connectivity index (χ2n) is 4.49. The molecule has 2 aromatic carbocycles. The van der Waals surface area contributed by atoms with Gasteiger partial charge in [0, 0.05) is 10.6 Å². The molecule has 1 N–H and O–H groups in total. The van der Waals surface area contributed by atoms with Crippen LogP contribution in [0, 0.1) is 11.3 Å². The molecule has 2 rings (SSSR count). The summed E-state index contributed by atoms with van der Waals surface area (Å²) in [4.78, 5) is 12.3. The number of nitriles is 1. The van der Waals surface area contributed by atoms with E-state index in [1.807, 2.05) is 6.07 Å². The summed E-state index contributed by atoms with van der Waals surface area (Å²) in [6, 6.07) is 13.6. The van der Waals surface area contributed by atoms with Gasteiger partial charge in [0.05, 0.1) is 17.8 Å². The van der Waals surface area contributed by atoms with Crippen LogP contribution in [0.4, 0.5) is 5.69 Å². The van der Waals surface area contributed by atoms with Crippen molar-refractivity contribution in [3.8, 4) is 11.8 Å². The van der Waals surface area contributed by atoms with E-state index in [1.165, 1.54) is 19.3 Å². The van der Waals surface area contributed by atoms with Crippen molar-refractivity contribution in [3.05, 3.63) is 63.6 Å². The van der Waals surface area contributed by atoms with Gasteiger partial charge in [-0.05, 0) is 30.3 Å². The van der Waals surface area contributed by atoms with Crippen molar-refractivity contribution in [2.45, 2.75) is 0 Å². The van der Waals surface area contributed by atoms with Gasteiger partial charge >= 0.3 is 0 Å². The molecule has 0 aromatic heterocycles. The fourth-order valence-electron chi connectivity index (χ4n) is 1.87. The number of rotatable bonds is 4. The van der Waals surface area contributed by atoms with E-state index in [0.717, 1.165) is 0 Å². The highest BCUT2D eigenvalue weighted by molar-refractivity contribution is 6.36. The molecule has 0 aliphatic rings. The minimum absolute atomic E-state index is 0.0782. The monoisotopic (exact) mass is 346 g/mol. The van der Waals surface area contributed by atoms with Crippen LogP contribution in [0.1, 0.15) is 5.56 Å². The number of carbonyl (C=O) groups is 1. The van der Waals surface area contributed by atoms with Crippen LogP contribution in [0.15, 0.2) is 48.0 Å². The molecule has 0 fully saturated rings. The lowest BCUT2D eigenvalue weighted by Gasteiger charge is -2.08. The van der Waals surface area contributed by atoms with E-state index in [9.17, 15) is 10.1 Å². The first-order valence-electron chi connectivity index (χ1n) is 6.56. The smallest absolute Gasteiger partial charge is 0.266 e. The molecule has 1 amide bonds. The first-order valence-corrected chi connectivity index (χ1v) is 7.32. The highest BCUT2D eigenvalue weighted by atomic mass is 35.5. The average Bonchev–Trinajstić information content (AvgIpc) is 2.56. The third kappa shape index (κ3) is 4.26. The Bertz CT molecular complexity index is 810. The van der Waals surface area contributed by atoms with Crippen molar-refractivity contribution in [2.24, 2.45) is 0 Å². The Hall–Kier alpha value is -2.48. The molecule has 0 atom stereocenters. The van der Waals surface area contributed by atoms with E-state index in [0.29, 0.717) is 27.0 Å². The van der Waals surface area contributed by atoms with Gasteiger partial charge < -0.3 is 10.1 Å². The molecule has 23 heavy (non-hydrogen) atoms. The number of hydrogen-bond acceptors (Lipinski definition) is 3. The summed E-state index contributed by atoms with van der Waals surface area (Å²) >= 11 is 11.9. The van der Waals surface area contributed by atoms with Gasteiger partial charge in [-0.1, -0.05) is 41.4 Å². The van der Waals surface area contributed by atoms with Crippen LogP contribution in [0.3, 0.4) is 0 Å². The van der Waals surface area contributed by atoms with Gasteiger partial charge in [-0.25, -0.2) is 0 Å². The molecular weight excluding hydrogens is 335 g/mol. The normalized spacial score (nSPS) is 10.8. The Morgan fingerprint density at radius 1 is 1.26 bits per heavy atom. The molecular formula is C17H12Cl2N2O2. The number of methoxy groups -OCH3 is 1. The number of benzene rings is 2. The fourth-order valence-corrected chi connectivity index (χ4v) is 2.21. The number of nitrogens with zero attached hydrogens (tertiary/aromatic N) is 1. The number of nitrogens with one attached hydrogen (secondary N) is 1. The number of carbonyl (C=O) groups excluding carboxylic acids is 1. The maximum Gasteiger partial charge on any atom is 0.266 e. The Balaban J connectivity index is 2.30. The zero-order valence-electron chi connectivity index (χ0n) is 12.1. The Labute approximate surface area is 143 Å². The molecule has 0 saturated carbocycles. The molecule has 116 valence electrons. The lowest BCUT2D eigenvalue weighted by Crippen LogP contribution is -2.13. The predicted octanol–water partition coefficient (Wildman–Crippen LogP) is 4.55. The summed E-state index contributed by atoms with van der Waals surface area (Å²) in [6.45, 7) is 0. The van der Waals surface area contributed by atoms with Crippen molar-refractivity contribution in [1.29, 1.82) is 5.26 Å². The van der Waals surface area contributed by atoms with Gasteiger partial charge in [0.2, 0.25) is 0 Å². The van der Waals surface area contributed by atoms with E-state index >= 15 is 0 Å². The van der Waals surface area contributed by atoms with Crippen LogP contribution in [-0.2, 0) is 4.79 Å². The summed E-state index contributed by atoms with van der Waals surface area (Å²) in [5, 5.41) is 12.6. The molecule has 0 radical (unpaired) electrons. The third-order valence-corrected chi connectivity index (χ3v) is 3.55. The standard InChI is InChI=1S/C17H12Cl2N2O2/c1-23-16-5-3-2-4-11(16)8-12(10-20)17(22)21-15-9-13(18)6-7-14(15)19/h2-9H,1H3,(H,21,22)/b12-8-. The minimum atomic E-state index is -0.581. The highest BCUT2D eigenvalue weighted by Crippen LogP contribution is 2.26. The zero-order valence-corrected chi connectivity index (χ0v) is 13.7. The third-order valence-electron chi connectivity index (χ3n) is 2.98. The molecule has 4 nitrogen and oxygen atoms in total. The summed E-state index contributed by atoms with van der Waals surface area (Å²) in [5.41, 5.74) is 0.884. The van der Waals surface area contributed by atoms with Crippen molar-refractivity contribution in [1.82, 2.24) is 0 Å². The molecule has 0 saturated heterocycles. The van der Waals surface area contributed by atoms with Gasteiger partial charge in [-0.2, -0.15) is 5.26 Å². The zero-order chi connectivity index (χ0) is 16.8. The SMILES string of the molecule is COc1ccccc1/C=C(/C#N)C(=O)Nc1cc(Cl)ccc1Cl. The van der Waals surface area contributed by atoms with E-state index in [1.54, 1.807) is 36.4 Å². The van der Waals surface area contributed by atoms with Crippen molar-refractivity contribution >= 4 is 40.9 Å². The summed E-state index contributed by atoms with van der Waals surface area (Å²) in [7, 11) is 1.52. The van der Waals surface area contributed by atoms with E-state index in [-0.39, 0.29) is 5.57 Å². The highest BCUT2D eigenvalue weighted by Gasteiger charge is 2.13. The quantitative estimate of drug-likeness (QED) is 0.652. The van der Waals surface area contributed by atoms with Crippen LogP contribution in [0.2, 0.25) is 10.0 Å². The van der Waals surface area contributed by atoms with E-state index < -0.39 is 5.91 Å². The second kappa shape index (κ2) is 7.68. The summed E-state index contributed by atoms with van der Waals surface area (Å²) < 4.78 is 5.20. The van der Waals surface area contributed by atoms with E-state index in [2.05, 4.69) is 5.32 Å². The van der Waals surface area contributed by atoms with Gasteiger partial charge in [-0.3, -0.25) is 4.79 Å². The van der Waals surface area contributed by atoms with Gasteiger partial charge in [0.15, 0.2) is 0 Å². The predicted molar refractivity (Wildman–Crippen MR) is 91.7 cm³/mol. The fraction of sp³-hybridized carbons (Fsp3) is 0.0588. The van der Waals surface area contributed by atoms with Gasteiger partial charge in [0.25, 0.3) is 5.91 Å². The lowest BCUT2D eigenvalue weighted by molar-refractivity contribution is -0.112. The Kier molecular flexibility index (Phi) is 5.64. The topological polar surface area (TPSA) is 62.1 Å². The molecule has 0 spiro atoms. The molecule has 0 heterocycles. The molecule has 0 aliphatic carbocycles. The molecule has 0 unspecified atom stereocenters. The molecule has 0 bridgehead atoms.